The predicted molar refractivity (Wildman–Crippen MR) is 76.3 cm³/mol. The molecule has 0 saturated carbocycles. The maximum atomic E-state index is 12.0. The molecule has 1 heterocycles. The number of carbonyl (C=O) groups excluding carboxylic acids is 2. The van der Waals surface area contributed by atoms with E-state index in [4.69, 9.17) is 4.74 Å². The number of anilines is 1. The van der Waals surface area contributed by atoms with Crippen molar-refractivity contribution < 1.29 is 19.4 Å². The Morgan fingerprint density at radius 1 is 1.24 bits per heavy atom. The number of ether oxygens (including phenoxy) is 1. The Kier molecular flexibility index (Phi) is 4.50. The number of pyridine rings is 1. The molecule has 0 aliphatic heterocycles. The molecule has 0 bridgehead atoms. The Morgan fingerprint density at radius 3 is 2.76 bits per heavy atom. The lowest BCUT2D eigenvalue weighted by atomic mass is 10.2. The monoisotopic (exact) mass is 286 g/mol. The molecule has 2 rings (SSSR count). The third kappa shape index (κ3) is 3.79. The molecule has 0 spiro atoms. The second-order valence-electron chi connectivity index (χ2n) is 4.19. The number of hydrogen-bond donors (Lipinski definition) is 2. The van der Waals surface area contributed by atoms with Crippen molar-refractivity contribution in [2.24, 2.45) is 0 Å². The SMILES string of the molecule is CCOC(=O)c1cccc(NC(=O)c2cncc(O)c2)c1. The van der Waals surface area contributed by atoms with Gasteiger partial charge in [-0.15, -0.1) is 0 Å². The normalized spacial score (nSPS) is 9.95. The van der Waals surface area contributed by atoms with Crippen LogP contribution in [0, 0.1) is 0 Å². The van der Waals surface area contributed by atoms with Gasteiger partial charge in [-0.25, -0.2) is 4.79 Å². The van der Waals surface area contributed by atoms with Crippen LogP contribution in [0.5, 0.6) is 5.75 Å². The van der Waals surface area contributed by atoms with Crippen LogP contribution in [0.1, 0.15) is 27.6 Å². The van der Waals surface area contributed by atoms with Crippen molar-refractivity contribution in [1.29, 1.82) is 0 Å². The predicted octanol–water partition coefficient (Wildman–Crippen LogP) is 2.22. The summed E-state index contributed by atoms with van der Waals surface area (Å²) >= 11 is 0. The average Bonchev–Trinajstić information content (AvgIpc) is 2.48. The van der Waals surface area contributed by atoms with Gasteiger partial charge in [0, 0.05) is 11.9 Å². The van der Waals surface area contributed by atoms with Crippen LogP contribution in [-0.2, 0) is 4.74 Å². The van der Waals surface area contributed by atoms with E-state index in [9.17, 15) is 14.7 Å². The highest BCUT2D eigenvalue weighted by atomic mass is 16.5. The van der Waals surface area contributed by atoms with Gasteiger partial charge in [0.25, 0.3) is 5.91 Å². The average molecular weight is 286 g/mol. The molecular formula is C15H14N2O4. The van der Waals surface area contributed by atoms with Crippen LogP contribution in [0.25, 0.3) is 0 Å². The zero-order chi connectivity index (χ0) is 15.2. The van der Waals surface area contributed by atoms with Crippen LogP contribution in [-0.4, -0.2) is 28.6 Å². The largest absolute Gasteiger partial charge is 0.506 e. The van der Waals surface area contributed by atoms with Crippen LogP contribution in [0.2, 0.25) is 0 Å². The zero-order valence-electron chi connectivity index (χ0n) is 11.4. The molecule has 108 valence electrons. The van der Waals surface area contributed by atoms with E-state index in [-0.39, 0.29) is 17.9 Å². The molecule has 21 heavy (non-hydrogen) atoms. The highest BCUT2D eigenvalue weighted by molar-refractivity contribution is 6.04. The smallest absolute Gasteiger partial charge is 0.338 e. The molecule has 1 amide bonds. The van der Waals surface area contributed by atoms with E-state index in [1.165, 1.54) is 24.5 Å². The molecule has 0 aliphatic rings. The second-order valence-corrected chi connectivity index (χ2v) is 4.19. The topological polar surface area (TPSA) is 88.5 Å². The summed E-state index contributed by atoms with van der Waals surface area (Å²) in [6, 6.07) is 7.71. The number of esters is 1. The van der Waals surface area contributed by atoms with E-state index in [1.807, 2.05) is 0 Å². The van der Waals surface area contributed by atoms with E-state index in [1.54, 1.807) is 25.1 Å². The van der Waals surface area contributed by atoms with Crippen molar-refractivity contribution in [3.63, 3.8) is 0 Å². The number of aromatic hydroxyl groups is 1. The van der Waals surface area contributed by atoms with E-state index in [2.05, 4.69) is 10.3 Å². The molecule has 6 nitrogen and oxygen atoms in total. The number of benzene rings is 1. The highest BCUT2D eigenvalue weighted by Crippen LogP contribution is 2.14. The first-order valence-corrected chi connectivity index (χ1v) is 6.32. The van der Waals surface area contributed by atoms with Crippen LogP contribution >= 0.6 is 0 Å². The third-order valence-corrected chi connectivity index (χ3v) is 2.62. The van der Waals surface area contributed by atoms with Gasteiger partial charge in [0.2, 0.25) is 0 Å². The minimum atomic E-state index is -0.451. The summed E-state index contributed by atoms with van der Waals surface area (Å²) in [4.78, 5) is 27.3. The van der Waals surface area contributed by atoms with Crippen LogP contribution in [0.4, 0.5) is 5.69 Å². The summed E-state index contributed by atoms with van der Waals surface area (Å²) in [7, 11) is 0. The van der Waals surface area contributed by atoms with Crippen molar-refractivity contribution in [2.75, 3.05) is 11.9 Å². The molecule has 0 saturated heterocycles. The number of aromatic nitrogens is 1. The number of nitrogens with one attached hydrogen (secondary N) is 1. The van der Waals surface area contributed by atoms with Gasteiger partial charge in [-0.2, -0.15) is 0 Å². The van der Waals surface area contributed by atoms with Gasteiger partial charge < -0.3 is 15.2 Å². The quantitative estimate of drug-likeness (QED) is 0.841. The first-order valence-electron chi connectivity index (χ1n) is 6.32. The fourth-order valence-corrected chi connectivity index (χ4v) is 1.69. The maximum absolute atomic E-state index is 12.0. The van der Waals surface area contributed by atoms with Gasteiger partial charge in [0.15, 0.2) is 0 Å². The first kappa shape index (κ1) is 14.5. The van der Waals surface area contributed by atoms with Crippen molar-refractivity contribution in [3.8, 4) is 5.75 Å². The number of rotatable bonds is 4. The van der Waals surface area contributed by atoms with Crippen molar-refractivity contribution in [3.05, 3.63) is 53.9 Å². The van der Waals surface area contributed by atoms with E-state index < -0.39 is 11.9 Å². The summed E-state index contributed by atoms with van der Waals surface area (Å²) in [6.45, 7) is 2.00. The standard InChI is InChI=1S/C15H14N2O4/c1-2-21-15(20)10-4-3-5-12(6-10)17-14(19)11-7-13(18)9-16-8-11/h3-9,18H,2H2,1H3,(H,17,19). The summed E-state index contributed by atoms with van der Waals surface area (Å²) in [6.07, 6.45) is 2.57. The number of amides is 1. The van der Waals surface area contributed by atoms with Gasteiger partial charge in [-0.1, -0.05) is 6.07 Å². The molecule has 1 aromatic heterocycles. The van der Waals surface area contributed by atoms with Crippen LogP contribution in [0.15, 0.2) is 42.7 Å². The van der Waals surface area contributed by atoms with Gasteiger partial charge >= 0.3 is 5.97 Å². The second kappa shape index (κ2) is 6.51. The zero-order valence-corrected chi connectivity index (χ0v) is 11.4. The Labute approximate surface area is 121 Å². The number of hydrogen-bond acceptors (Lipinski definition) is 5. The number of nitrogens with zero attached hydrogens (tertiary/aromatic N) is 1. The van der Waals surface area contributed by atoms with E-state index in [0.717, 1.165) is 0 Å². The van der Waals surface area contributed by atoms with E-state index >= 15 is 0 Å². The van der Waals surface area contributed by atoms with Crippen LogP contribution in [0.3, 0.4) is 0 Å². The Balaban J connectivity index is 2.14. The lowest BCUT2D eigenvalue weighted by Crippen LogP contribution is -2.13. The lowest BCUT2D eigenvalue weighted by molar-refractivity contribution is 0.0526. The molecule has 2 aromatic rings. The summed E-state index contributed by atoms with van der Waals surface area (Å²) in [5, 5.41) is 11.9. The molecule has 6 heteroatoms. The molecule has 0 radical (unpaired) electrons. The fourth-order valence-electron chi connectivity index (χ4n) is 1.69. The van der Waals surface area contributed by atoms with Crippen molar-refractivity contribution in [1.82, 2.24) is 4.98 Å². The van der Waals surface area contributed by atoms with Gasteiger partial charge in [0.1, 0.15) is 5.75 Å². The molecule has 0 fully saturated rings. The lowest BCUT2D eigenvalue weighted by Gasteiger charge is -2.07. The fraction of sp³-hybridized carbons (Fsp3) is 0.133. The Morgan fingerprint density at radius 2 is 2.05 bits per heavy atom. The molecule has 0 atom stereocenters. The third-order valence-electron chi connectivity index (χ3n) is 2.62. The summed E-state index contributed by atoms with van der Waals surface area (Å²) in [5.41, 5.74) is 1.02. The molecule has 2 N–H and O–H groups in total. The molecule has 1 aromatic carbocycles. The highest BCUT2D eigenvalue weighted by Gasteiger charge is 2.10. The minimum absolute atomic E-state index is 0.0945. The molecule has 0 unspecified atom stereocenters. The van der Waals surface area contributed by atoms with Crippen LogP contribution < -0.4 is 5.32 Å². The molecular weight excluding hydrogens is 272 g/mol. The minimum Gasteiger partial charge on any atom is -0.506 e. The summed E-state index contributed by atoms with van der Waals surface area (Å²) < 4.78 is 4.89. The van der Waals surface area contributed by atoms with E-state index in [0.29, 0.717) is 11.3 Å². The first-order chi connectivity index (χ1) is 10.1. The maximum Gasteiger partial charge on any atom is 0.338 e. The Hall–Kier alpha value is -2.89. The Bertz CT molecular complexity index is 670. The number of carbonyl (C=O) groups is 2. The van der Waals surface area contributed by atoms with Crippen molar-refractivity contribution >= 4 is 17.6 Å². The van der Waals surface area contributed by atoms with Crippen molar-refractivity contribution in [2.45, 2.75) is 6.92 Å². The molecule has 0 aliphatic carbocycles. The van der Waals surface area contributed by atoms with Gasteiger partial charge in [-0.05, 0) is 31.2 Å². The summed E-state index contributed by atoms with van der Waals surface area (Å²) in [5.74, 6) is -0.977. The van der Waals surface area contributed by atoms with Gasteiger partial charge in [-0.3, -0.25) is 9.78 Å². The van der Waals surface area contributed by atoms with Gasteiger partial charge in [0.05, 0.1) is 23.9 Å².